The van der Waals surface area contributed by atoms with Gasteiger partial charge in [0, 0.05) is 12.1 Å². The van der Waals surface area contributed by atoms with Crippen molar-refractivity contribution in [2.45, 2.75) is 6.54 Å². The second-order valence-corrected chi connectivity index (χ2v) is 3.53. The predicted octanol–water partition coefficient (Wildman–Crippen LogP) is 2.62. The van der Waals surface area contributed by atoms with E-state index in [1.165, 1.54) is 0 Å². The van der Waals surface area contributed by atoms with Crippen LogP contribution in [0.25, 0.3) is 11.1 Å². The summed E-state index contributed by atoms with van der Waals surface area (Å²) in [7, 11) is 1.67. The maximum atomic E-state index is 5.56. The largest absolute Gasteiger partial charge is 0.496 e. The Morgan fingerprint density at radius 2 is 1.94 bits per heavy atom. The summed E-state index contributed by atoms with van der Waals surface area (Å²) in [5, 5.41) is 0. The zero-order valence-electron chi connectivity index (χ0n) is 9.23. The average Bonchev–Trinajstić information content (AvgIpc) is 2.39. The Bertz CT molecular complexity index is 462. The minimum atomic E-state index is 0.568. The van der Waals surface area contributed by atoms with Crippen LogP contribution in [0.4, 0.5) is 0 Å². The first kappa shape index (κ1) is 10.7. The van der Waals surface area contributed by atoms with Gasteiger partial charge in [0.15, 0.2) is 0 Å². The van der Waals surface area contributed by atoms with Crippen molar-refractivity contribution < 1.29 is 4.74 Å². The van der Waals surface area contributed by atoms with Gasteiger partial charge in [0.25, 0.3) is 0 Å². The van der Waals surface area contributed by atoms with Gasteiger partial charge in [-0.05, 0) is 29.3 Å². The summed E-state index contributed by atoms with van der Waals surface area (Å²) >= 11 is 0. The number of hydrogen-bond acceptors (Lipinski definition) is 2. The van der Waals surface area contributed by atoms with E-state index in [2.05, 4.69) is 6.07 Å². The molecule has 0 saturated carbocycles. The molecule has 2 aromatic rings. The smallest absolute Gasteiger partial charge is 0.126 e. The van der Waals surface area contributed by atoms with Gasteiger partial charge in [-0.3, -0.25) is 0 Å². The molecule has 0 spiro atoms. The van der Waals surface area contributed by atoms with Crippen LogP contribution in [0, 0.1) is 6.07 Å². The molecule has 81 valence electrons. The monoisotopic (exact) mass is 212 g/mol. The topological polar surface area (TPSA) is 35.2 Å². The van der Waals surface area contributed by atoms with Crippen LogP contribution in [0.15, 0.2) is 42.5 Å². The van der Waals surface area contributed by atoms with E-state index in [4.69, 9.17) is 10.5 Å². The summed E-state index contributed by atoms with van der Waals surface area (Å²) < 4.78 is 5.31. The number of rotatable bonds is 3. The van der Waals surface area contributed by atoms with Crippen LogP contribution in [0.2, 0.25) is 0 Å². The van der Waals surface area contributed by atoms with Crippen LogP contribution in [0.5, 0.6) is 5.75 Å². The zero-order valence-corrected chi connectivity index (χ0v) is 9.23. The molecule has 0 aromatic heterocycles. The summed E-state index contributed by atoms with van der Waals surface area (Å²) in [6.45, 7) is 0.568. The van der Waals surface area contributed by atoms with E-state index >= 15 is 0 Å². The van der Waals surface area contributed by atoms with Gasteiger partial charge < -0.3 is 10.5 Å². The van der Waals surface area contributed by atoms with Gasteiger partial charge in [-0.1, -0.05) is 30.3 Å². The molecule has 0 heterocycles. The molecule has 2 rings (SSSR count). The van der Waals surface area contributed by atoms with Crippen molar-refractivity contribution in [3.8, 4) is 16.9 Å². The summed E-state index contributed by atoms with van der Waals surface area (Å²) in [6.07, 6.45) is 0. The van der Waals surface area contributed by atoms with E-state index in [0.29, 0.717) is 6.54 Å². The zero-order chi connectivity index (χ0) is 11.4. The lowest BCUT2D eigenvalue weighted by atomic mass is 10.0. The Hall–Kier alpha value is -1.80. The second-order valence-electron chi connectivity index (χ2n) is 3.53. The quantitative estimate of drug-likeness (QED) is 0.848. The first-order valence-corrected chi connectivity index (χ1v) is 5.18. The van der Waals surface area contributed by atoms with E-state index in [9.17, 15) is 0 Å². The molecule has 0 atom stereocenters. The molecule has 2 heteroatoms. The van der Waals surface area contributed by atoms with Crippen molar-refractivity contribution in [2.24, 2.45) is 5.73 Å². The second kappa shape index (κ2) is 4.81. The van der Waals surface area contributed by atoms with Crippen molar-refractivity contribution in [2.75, 3.05) is 7.11 Å². The average molecular weight is 212 g/mol. The molecule has 16 heavy (non-hydrogen) atoms. The van der Waals surface area contributed by atoms with Crippen LogP contribution in [0.3, 0.4) is 0 Å². The van der Waals surface area contributed by atoms with Crippen molar-refractivity contribution in [1.29, 1.82) is 0 Å². The van der Waals surface area contributed by atoms with E-state index in [1.807, 2.05) is 42.5 Å². The summed E-state index contributed by atoms with van der Waals surface area (Å²) in [5.74, 6) is 0.860. The minimum absolute atomic E-state index is 0.568. The third-order valence-electron chi connectivity index (χ3n) is 2.54. The molecule has 0 saturated heterocycles. The van der Waals surface area contributed by atoms with E-state index in [-0.39, 0.29) is 0 Å². The highest BCUT2D eigenvalue weighted by Gasteiger charge is 2.03. The van der Waals surface area contributed by atoms with Crippen LogP contribution < -0.4 is 10.5 Å². The van der Waals surface area contributed by atoms with E-state index in [0.717, 1.165) is 22.4 Å². The van der Waals surface area contributed by atoms with Gasteiger partial charge in [-0.15, -0.1) is 0 Å². The number of ether oxygens (including phenoxy) is 1. The third kappa shape index (κ3) is 2.07. The summed E-state index contributed by atoms with van der Waals surface area (Å²) in [6, 6.07) is 16.9. The number of methoxy groups -OCH3 is 1. The van der Waals surface area contributed by atoms with Gasteiger partial charge in [0.1, 0.15) is 5.75 Å². The van der Waals surface area contributed by atoms with E-state index < -0.39 is 0 Å². The maximum absolute atomic E-state index is 5.56. The van der Waals surface area contributed by atoms with Gasteiger partial charge in [-0.25, -0.2) is 0 Å². The molecular weight excluding hydrogens is 198 g/mol. The third-order valence-corrected chi connectivity index (χ3v) is 2.54. The van der Waals surface area contributed by atoms with Crippen LogP contribution in [-0.4, -0.2) is 7.11 Å². The van der Waals surface area contributed by atoms with Gasteiger partial charge >= 0.3 is 0 Å². The lowest BCUT2D eigenvalue weighted by Gasteiger charge is -2.08. The standard InChI is InChI=1S/C14H14NO/c1-16-14-5-3-2-4-13(14)12-8-6-11(10-15)7-9-12/h3-9H,10,15H2,1H3. The van der Waals surface area contributed by atoms with Crippen LogP contribution in [0.1, 0.15) is 5.56 Å². The molecule has 0 bridgehead atoms. The molecule has 0 aliphatic rings. The number of hydrogen-bond donors (Lipinski definition) is 1. The summed E-state index contributed by atoms with van der Waals surface area (Å²) in [4.78, 5) is 0. The number of benzene rings is 2. The predicted molar refractivity (Wildman–Crippen MR) is 65.2 cm³/mol. The highest BCUT2D eigenvalue weighted by Crippen LogP contribution is 2.29. The molecule has 2 N–H and O–H groups in total. The Labute approximate surface area is 95.7 Å². The molecule has 0 aliphatic heterocycles. The van der Waals surface area contributed by atoms with Crippen LogP contribution in [-0.2, 0) is 6.54 Å². The van der Waals surface area contributed by atoms with Gasteiger partial charge in [0.2, 0.25) is 0 Å². The molecule has 2 aromatic carbocycles. The van der Waals surface area contributed by atoms with Gasteiger partial charge in [0.05, 0.1) is 7.11 Å². The highest BCUT2D eigenvalue weighted by atomic mass is 16.5. The molecule has 1 radical (unpaired) electrons. The number of nitrogens with two attached hydrogens (primary N) is 1. The maximum Gasteiger partial charge on any atom is 0.126 e. The van der Waals surface area contributed by atoms with Crippen LogP contribution >= 0.6 is 0 Å². The fourth-order valence-corrected chi connectivity index (χ4v) is 1.64. The molecule has 0 aliphatic carbocycles. The normalized spacial score (nSPS) is 10.1. The fourth-order valence-electron chi connectivity index (χ4n) is 1.64. The lowest BCUT2D eigenvalue weighted by molar-refractivity contribution is 0.416. The highest BCUT2D eigenvalue weighted by molar-refractivity contribution is 5.70. The molecule has 0 amide bonds. The Balaban J connectivity index is 2.42. The Morgan fingerprint density at radius 3 is 2.56 bits per heavy atom. The van der Waals surface area contributed by atoms with Crippen molar-refractivity contribution in [3.63, 3.8) is 0 Å². The van der Waals surface area contributed by atoms with E-state index in [1.54, 1.807) is 7.11 Å². The lowest BCUT2D eigenvalue weighted by Crippen LogP contribution is -1.95. The first-order chi connectivity index (χ1) is 7.85. The van der Waals surface area contributed by atoms with Crippen molar-refractivity contribution >= 4 is 0 Å². The molecule has 0 unspecified atom stereocenters. The first-order valence-electron chi connectivity index (χ1n) is 5.18. The Kier molecular flexibility index (Phi) is 3.22. The molecular formula is C14H14NO. The SMILES string of the molecule is COc1cc[c]cc1-c1ccc(CN)cc1. The molecule has 2 nitrogen and oxygen atoms in total. The summed E-state index contributed by atoms with van der Waals surface area (Å²) in [5.41, 5.74) is 8.86. The fraction of sp³-hybridized carbons (Fsp3) is 0.143. The minimum Gasteiger partial charge on any atom is -0.496 e. The van der Waals surface area contributed by atoms with Crippen molar-refractivity contribution in [3.05, 3.63) is 54.1 Å². The molecule has 0 fully saturated rings. The van der Waals surface area contributed by atoms with Gasteiger partial charge in [-0.2, -0.15) is 0 Å². The van der Waals surface area contributed by atoms with Crippen molar-refractivity contribution in [1.82, 2.24) is 0 Å². The Morgan fingerprint density at radius 1 is 1.19 bits per heavy atom.